The van der Waals surface area contributed by atoms with Crippen LogP contribution >= 0.6 is 0 Å². The van der Waals surface area contributed by atoms with E-state index in [9.17, 15) is 9.59 Å². The van der Waals surface area contributed by atoms with Crippen molar-refractivity contribution < 1.29 is 19.1 Å². The lowest BCUT2D eigenvalue weighted by Gasteiger charge is -2.06. The standard InChI is InChI=1S/C38H70O4/c1-5-7-9-11-13-15-17-18-19-20-21-22-24-26-28-30-34-42-38(40)36(4)32-31-35(3)37(39)41-33-29-27-25-23-16-14-12-10-8-6-2/h31-32H,5-30,33-34H2,1-4H3/b35-31+,36-32+. The number of hydrogen-bond donors (Lipinski definition) is 0. The third-order valence-electron chi connectivity index (χ3n) is 8.19. The predicted octanol–water partition coefficient (Wildman–Crippen LogP) is 12.1. The van der Waals surface area contributed by atoms with Crippen molar-refractivity contribution in [1.82, 2.24) is 0 Å². The molecule has 0 aliphatic carbocycles. The molecular weight excluding hydrogens is 520 g/mol. The van der Waals surface area contributed by atoms with Crippen molar-refractivity contribution in [2.75, 3.05) is 13.2 Å². The van der Waals surface area contributed by atoms with Crippen molar-refractivity contribution in [2.45, 2.75) is 195 Å². The van der Waals surface area contributed by atoms with E-state index in [0.717, 1.165) is 25.7 Å². The molecule has 246 valence electrons. The van der Waals surface area contributed by atoms with Crippen LogP contribution in [0.15, 0.2) is 23.3 Å². The first kappa shape index (κ1) is 40.4. The number of allylic oxidation sites excluding steroid dienone is 2. The summed E-state index contributed by atoms with van der Waals surface area (Å²) in [6.07, 6.45) is 37.1. The van der Waals surface area contributed by atoms with E-state index < -0.39 is 0 Å². The molecule has 0 fully saturated rings. The second-order valence-corrected chi connectivity index (χ2v) is 12.5. The lowest BCUT2D eigenvalue weighted by atomic mass is 10.0. The lowest BCUT2D eigenvalue weighted by Crippen LogP contribution is -2.08. The first-order valence-corrected chi connectivity index (χ1v) is 18.2. The Morgan fingerprint density at radius 3 is 0.833 bits per heavy atom. The summed E-state index contributed by atoms with van der Waals surface area (Å²) >= 11 is 0. The Labute approximate surface area is 261 Å². The summed E-state index contributed by atoms with van der Waals surface area (Å²) in [4.78, 5) is 24.4. The predicted molar refractivity (Wildman–Crippen MR) is 181 cm³/mol. The molecule has 4 heteroatoms. The summed E-state index contributed by atoms with van der Waals surface area (Å²) in [5.41, 5.74) is 1.01. The molecule has 0 aliphatic rings. The van der Waals surface area contributed by atoms with Gasteiger partial charge in [-0.05, 0) is 26.7 Å². The van der Waals surface area contributed by atoms with Gasteiger partial charge >= 0.3 is 11.9 Å². The second kappa shape index (κ2) is 32.3. The van der Waals surface area contributed by atoms with Crippen molar-refractivity contribution in [3.8, 4) is 0 Å². The molecule has 0 unspecified atom stereocenters. The van der Waals surface area contributed by atoms with Gasteiger partial charge in [-0.25, -0.2) is 9.59 Å². The Kier molecular flexibility index (Phi) is 31.1. The van der Waals surface area contributed by atoms with Crippen LogP contribution in [0.25, 0.3) is 0 Å². The van der Waals surface area contributed by atoms with E-state index in [0.29, 0.717) is 24.4 Å². The van der Waals surface area contributed by atoms with E-state index in [4.69, 9.17) is 9.47 Å². The fourth-order valence-corrected chi connectivity index (χ4v) is 5.18. The highest BCUT2D eigenvalue weighted by Gasteiger charge is 2.07. The average Bonchev–Trinajstić information content (AvgIpc) is 2.99. The van der Waals surface area contributed by atoms with E-state index in [2.05, 4.69) is 13.8 Å². The van der Waals surface area contributed by atoms with Crippen LogP contribution in [0.3, 0.4) is 0 Å². The number of hydrogen-bond acceptors (Lipinski definition) is 4. The lowest BCUT2D eigenvalue weighted by molar-refractivity contribution is -0.140. The molecule has 0 aromatic heterocycles. The monoisotopic (exact) mass is 591 g/mol. The molecule has 0 spiro atoms. The molecule has 0 aliphatic heterocycles. The molecule has 0 heterocycles. The first-order chi connectivity index (χ1) is 20.5. The van der Waals surface area contributed by atoms with E-state index >= 15 is 0 Å². The number of ether oxygens (including phenoxy) is 2. The highest BCUT2D eigenvalue weighted by atomic mass is 16.5. The zero-order valence-corrected chi connectivity index (χ0v) is 28.6. The third kappa shape index (κ3) is 28.5. The summed E-state index contributed by atoms with van der Waals surface area (Å²) < 4.78 is 10.8. The summed E-state index contributed by atoms with van der Waals surface area (Å²) in [5, 5.41) is 0. The first-order valence-electron chi connectivity index (χ1n) is 18.2. The van der Waals surface area contributed by atoms with Crippen LogP contribution in [0.4, 0.5) is 0 Å². The fourth-order valence-electron chi connectivity index (χ4n) is 5.18. The number of rotatable bonds is 31. The quantitative estimate of drug-likeness (QED) is 0.0349. The van der Waals surface area contributed by atoms with Crippen molar-refractivity contribution in [2.24, 2.45) is 0 Å². The topological polar surface area (TPSA) is 52.6 Å². The minimum absolute atomic E-state index is 0.307. The Balaban J connectivity index is 3.67. The SMILES string of the molecule is CCCCCCCCCCCCCCCCCCOC(=O)/C(C)=C/C=C(\C)C(=O)OCCCCCCCCCCCC. The van der Waals surface area contributed by atoms with Crippen molar-refractivity contribution in [3.63, 3.8) is 0 Å². The molecule has 0 saturated carbocycles. The Morgan fingerprint density at radius 2 is 0.595 bits per heavy atom. The molecule has 42 heavy (non-hydrogen) atoms. The molecule has 0 rings (SSSR count). The minimum Gasteiger partial charge on any atom is -0.462 e. The van der Waals surface area contributed by atoms with Crippen molar-refractivity contribution in [1.29, 1.82) is 0 Å². The van der Waals surface area contributed by atoms with Crippen molar-refractivity contribution >= 4 is 11.9 Å². The minimum atomic E-state index is -0.309. The smallest absolute Gasteiger partial charge is 0.333 e. The van der Waals surface area contributed by atoms with Gasteiger partial charge in [-0.15, -0.1) is 0 Å². The van der Waals surface area contributed by atoms with Crippen LogP contribution in [0, 0.1) is 0 Å². The number of carbonyl (C=O) groups excluding carboxylic acids is 2. The van der Waals surface area contributed by atoms with Crippen LogP contribution in [0.1, 0.15) is 195 Å². The van der Waals surface area contributed by atoms with Gasteiger partial charge < -0.3 is 9.47 Å². The Morgan fingerprint density at radius 1 is 0.381 bits per heavy atom. The van der Waals surface area contributed by atoms with Crippen LogP contribution in [-0.4, -0.2) is 25.2 Å². The molecule has 0 N–H and O–H groups in total. The van der Waals surface area contributed by atoms with Gasteiger partial charge in [0, 0.05) is 11.1 Å². The van der Waals surface area contributed by atoms with E-state index in [1.807, 2.05) is 0 Å². The third-order valence-corrected chi connectivity index (χ3v) is 8.19. The summed E-state index contributed by atoms with van der Waals surface area (Å²) in [5.74, 6) is -0.616. The van der Waals surface area contributed by atoms with Gasteiger partial charge in [-0.2, -0.15) is 0 Å². The molecule has 4 nitrogen and oxygen atoms in total. The summed E-state index contributed by atoms with van der Waals surface area (Å²) in [6, 6.07) is 0. The van der Waals surface area contributed by atoms with E-state index in [-0.39, 0.29) is 11.9 Å². The Hall–Kier alpha value is -1.58. The summed E-state index contributed by atoms with van der Waals surface area (Å²) in [6.45, 7) is 8.92. The van der Waals surface area contributed by atoms with Gasteiger partial charge in [0.25, 0.3) is 0 Å². The van der Waals surface area contributed by atoms with E-state index in [1.54, 1.807) is 26.0 Å². The zero-order valence-electron chi connectivity index (χ0n) is 28.6. The maximum atomic E-state index is 12.2. The number of esters is 2. The second-order valence-electron chi connectivity index (χ2n) is 12.5. The molecule has 0 amide bonds. The van der Waals surface area contributed by atoms with Gasteiger partial charge in [0.1, 0.15) is 0 Å². The molecular formula is C38H70O4. The van der Waals surface area contributed by atoms with Crippen LogP contribution in [0.2, 0.25) is 0 Å². The van der Waals surface area contributed by atoms with Crippen molar-refractivity contribution in [3.05, 3.63) is 23.3 Å². The largest absolute Gasteiger partial charge is 0.462 e. The Bertz CT molecular complexity index is 679. The molecule has 0 saturated heterocycles. The maximum Gasteiger partial charge on any atom is 0.333 e. The van der Waals surface area contributed by atoms with Gasteiger partial charge in [0.2, 0.25) is 0 Å². The maximum absolute atomic E-state index is 12.2. The molecule has 0 aromatic carbocycles. The average molecular weight is 591 g/mol. The van der Waals surface area contributed by atoms with E-state index in [1.165, 1.54) is 141 Å². The van der Waals surface area contributed by atoms with Crippen LogP contribution < -0.4 is 0 Å². The normalized spacial score (nSPS) is 12.1. The van der Waals surface area contributed by atoms with Gasteiger partial charge in [-0.1, -0.05) is 180 Å². The zero-order chi connectivity index (χ0) is 30.9. The molecule has 0 radical (unpaired) electrons. The van der Waals surface area contributed by atoms with Gasteiger partial charge in [0.05, 0.1) is 13.2 Å². The van der Waals surface area contributed by atoms with Crippen LogP contribution in [0.5, 0.6) is 0 Å². The molecule has 0 atom stereocenters. The summed E-state index contributed by atoms with van der Waals surface area (Å²) in [7, 11) is 0. The number of carbonyl (C=O) groups is 2. The highest BCUT2D eigenvalue weighted by molar-refractivity contribution is 5.90. The highest BCUT2D eigenvalue weighted by Crippen LogP contribution is 2.14. The fraction of sp³-hybridized carbons (Fsp3) is 0.842. The molecule has 0 aromatic rings. The van der Waals surface area contributed by atoms with Gasteiger partial charge in [0.15, 0.2) is 0 Å². The van der Waals surface area contributed by atoms with Crippen LogP contribution in [-0.2, 0) is 19.1 Å². The molecule has 0 bridgehead atoms. The van der Waals surface area contributed by atoms with Gasteiger partial charge in [-0.3, -0.25) is 0 Å². The number of unbranched alkanes of at least 4 members (excludes halogenated alkanes) is 24.